The summed E-state index contributed by atoms with van der Waals surface area (Å²) in [5, 5.41) is 0.887. The molecule has 136 valence electrons. The van der Waals surface area contributed by atoms with Crippen LogP contribution in [0.25, 0.3) is 22.2 Å². The van der Waals surface area contributed by atoms with Gasteiger partial charge in [0, 0.05) is 18.0 Å². The molecular formula is C24H18N2O2. The van der Waals surface area contributed by atoms with Gasteiger partial charge in [0.2, 0.25) is 0 Å². The summed E-state index contributed by atoms with van der Waals surface area (Å²) in [7, 11) is 1.98. The third-order valence-corrected chi connectivity index (χ3v) is 5.50. The van der Waals surface area contributed by atoms with Gasteiger partial charge >= 0.3 is 0 Å². The van der Waals surface area contributed by atoms with E-state index in [4.69, 9.17) is 0 Å². The zero-order chi connectivity index (χ0) is 19.4. The standard InChI is InChI=1S/C24H18N2O2/c1-15-9-3-4-10-16(15)21-22(19-13-7-8-14-20(19)25(21)2)26-23(27)17-11-5-6-12-18(17)24(26)28/h3-14H,1-2H3. The molecule has 28 heavy (non-hydrogen) atoms. The number of aryl methyl sites for hydroxylation is 2. The van der Waals surface area contributed by atoms with E-state index in [1.807, 2.05) is 62.5 Å². The number of benzene rings is 3. The molecule has 0 spiro atoms. The number of imide groups is 1. The molecule has 4 heteroatoms. The Labute approximate surface area is 162 Å². The maximum absolute atomic E-state index is 13.2. The first-order valence-electron chi connectivity index (χ1n) is 9.21. The summed E-state index contributed by atoms with van der Waals surface area (Å²) in [4.78, 5) is 27.8. The fourth-order valence-electron chi connectivity index (χ4n) is 4.14. The van der Waals surface area contributed by atoms with Gasteiger partial charge < -0.3 is 4.57 Å². The summed E-state index contributed by atoms with van der Waals surface area (Å²) >= 11 is 0. The number of amides is 2. The molecule has 0 N–H and O–H groups in total. The van der Waals surface area contributed by atoms with Crippen LogP contribution in [0.15, 0.2) is 72.8 Å². The molecule has 1 aliphatic rings. The highest BCUT2D eigenvalue weighted by molar-refractivity contribution is 6.37. The summed E-state index contributed by atoms with van der Waals surface area (Å²) in [6, 6.07) is 22.9. The Hall–Kier alpha value is -3.66. The molecule has 2 heterocycles. The maximum Gasteiger partial charge on any atom is 0.266 e. The molecule has 2 amide bonds. The fraction of sp³-hybridized carbons (Fsp3) is 0.0833. The van der Waals surface area contributed by atoms with Crippen molar-refractivity contribution in [3.05, 3.63) is 89.5 Å². The van der Waals surface area contributed by atoms with Crippen molar-refractivity contribution in [1.29, 1.82) is 0 Å². The lowest BCUT2D eigenvalue weighted by Crippen LogP contribution is -2.29. The van der Waals surface area contributed by atoms with Crippen LogP contribution in [0, 0.1) is 6.92 Å². The molecule has 0 unspecified atom stereocenters. The summed E-state index contributed by atoms with van der Waals surface area (Å²) < 4.78 is 2.07. The van der Waals surface area contributed by atoms with Crippen LogP contribution in [-0.2, 0) is 7.05 Å². The first kappa shape index (κ1) is 16.5. The highest BCUT2D eigenvalue weighted by Gasteiger charge is 2.39. The van der Waals surface area contributed by atoms with Crippen molar-refractivity contribution in [2.45, 2.75) is 6.92 Å². The van der Waals surface area contributed by atoms with Gasteiger partial charge in [-0.3, -0.25) is 9.59 Å². The number of carbonyl (C=O) groups excluding carboxylic acids is 2. The molecule has 1 aliphatic heterocycles. The van der Waals surface area contributed by atoms with E-state index < -0.39 is 0 Å². The Morgan fingerprint density at radius 2 is 1.21 bits per heavy atom. The van der Waals surface area contributed by atoms with Crippen molar-refractivity contribution < 1.29 is 9.59 Å². The Bertz CT molecular complexity index is 1250. The Morgan fingerprint density at radius 1 is 0.679 bits per heavy atom. The van der Waals surface area contributed by atoms with Crippen molar-refractivity contribution in [2.75, 3.05) is 4.90 Å². The van der Waals surface area contributed by atoms with E-state index in [1.165, 1.54) is 4.90 Å². The van der Waals surface area contributed by atoms with Crippen LogP contribution in [0.1, 0.15) is 26.3 Å². The van der Waals surface area contributed by atoms with E-state index in [9.17, 15) is 9.59 Å². The van der Waals surface area contributed by atoms with Gasteiger partial charge in [-0.2, -0.15) is 0 Å². The van der Waals surface area contributed by atoms with E-state index in [1.54, 1.807) is 24.3 Å². The third kappa shape index (κ3) is 2.12. The van der Waals surface area contributed by atoms with E-state index in [2.05, 4.69) is 4.57 Å². The molecule has 0 radical (unpaired) electrons. The lowest BCUT2D eigenvalue weighted by Gasteiger charge is -2.18. The van der Waals surface area contributed by atoms with Gasteiger partial charge in [0.1, 0.15) is 0 Å². The quantitative estimate of drug-likeness (QED) is 0.471. The predicted octanol–water partition coefficient (Wildman–Crippen LogP) is 4.95. The Balaban J connectivity index is 1.86. The third-order valence-electron chi connectivity index (χ3n) is 5.50. The fourth-order valence-corrected chi connectivity index (χ4v) is 4.14. The predicted molar refractivity (Wildman–Crippen MR) is 111 cm³/mol. The van der Waals surface area contributed by atoms with Crippen LogP contribution in [0.3, 0.4) is 0 Å². The minimum Gasteiger partial charge on any atom is -0.342 e. The first-order chi connectivity index (χ1) is 13.6. The van der Waals surface area contributed by atoms with E-state index >= 15 is 0 Å². The van der Waals surface area contributed by atoms with Gasteiger partial charge in [0.25, 0.3) is 11.8 Å². The number of para-hydroxylation sites is 1. The Morgan fingerprint density at radius 3 is 1.86 bits per heavy atom. The van der Waals surface area contributed by atoms with Gasteiger partial charge in [-0.1, -0.05) is 54.6 Å². The van der Waals surface area contributed by atoms with Gasteiger partial charge in [-0.25, -0.2) is 4.90 Å². The van der Waals surface area contributed by atoms with Gasteiger partial charge in [0.15, 0.2) is 0 Å². The molecule has 4 nitrogen and oxygen atoms in total. The highest BCUT2D eigenvalue weighted by atomic mass is 16.2. The van der Waals surface area contributed by atoms with Crippen LogP contribution >= 0.6 is 0 Å². The van der Waals surface area contributed by atoms with Crippen molar-refractivity contribution in [2.24, 2.45) is 7.05 Å². The zero-order valence-corrected chi connectivity index (χ0v) is 15.6. The van der Waals surface area contributed by atoms with Gasteiger partial charge in [0.05, 0.1) is 28.0 Å². The molecule has 1 aromatic heterocycles. The largest absolute Gasteiger partial charge is 0.342 e. The summed E-state index contributed by atoms with van der Waals surface area (Å²) in [5.41, 5.74) is 5.51. The lowest BCUT2D eigenvalue weighted by molar-refractivity contribution is 0.0926. The number of anilines is 1. The number of carbonyl (C=O) groups is 2. The van der Waals surface area contributed by atoms with E-state index in [0.29, 0.717) is 16.8 Å². The molecule has 0 aliphatic carbocycles. The van der Waals surface area contributed by atoms with Crippen LogP contribution in [0.4, 0.5) is 5.69 Å². The van der Waals surface area contributed by atoms with Crippen molar-refractivity contribution in [3.8, 4) is 11.3 Å². The molecule has 3 aromatic carbocycles. The van der Waals surface area contributed by atoms with Crippen molar-refractivity contribution in [1.82, 2.24) is 4.57 Å². The number of fused-ring (bicyclic) bond motifs is 2. The molecular weight excluding hydrogens is 348 g/mol. The van der Waals surface area contributed by atoms with Crippen LogP contribution < -0.4 is 4.90 Å². The number of rotatable bonds is 2. The lowest BCUT2D eigenvalue weighted by atomic mass is 10.0. The van der Waals surface area contributed by atoms with Crippen LogP contribution in [0.5, 0.6) is 0 Å². The highest BCUT2D eigenvalue weighted by Crippen LogP contribution is 2.43. The maximum atomic E-state index is 13.2. The molecule has 4 aromatic rings. The topological polar surface area (TPSA) is 42.3 Å². The average molecular weight is 366 g/mol. The second kappa shape index (κ2) is 5.92. The summed E-state index contributed by atoms with van der Waals surface area (Å²) in [5.74, 6) is -0.543. The summed E-state index contributed by atoms with van der Waals surface area (Å²) in [6.45, 7) is 2.04. The minimum absolute atomic E-state index is 0.271. The number of hydrogen-bond acceptors (Lipinski definition) is 2. The molecule has 0 bridgehead atoms. The monoisotopic (exact) mass is 366 g/mol. The molecule has 0 saturated heterocycles. The SMILES string of the molecule is Cc1ccccc1-c1c(N2C(=O)c3ccccc3C2=O)c2ccccc2n1C. The Kier molecular flexibility index (Phi) is 3.49. The number of aromatic nitrogens is 1. The minimum atomic E-state index is -0.271. The van der Waals surface area contributed by atoms with Crippen LogP contribution in [0.2, 0.25) is 0 Å². The second-order valence-corrected chi connectivity index (χ2v) is 7.08. The molecule has 0 saturated carbocycles. The average Bonchev–Trinajstić information content (AvgIpc) is 3.14. The van der Waals surface area contributed by atoms with Gasteiger partial charge in [-0.05, 0) is 30.7 Å². The first-order valence-corrected chi connectivity index (χ1v) is 9.21. The second-order valence-electron chi connectivity index (χ2n) is 7.08. The number of hydrogen-bond donors (Lipinski definition) is 0. The summed E-state index contributed by atoms with van der Waals surface area (Å²) in [6.07, 6.45) is 0. The zero-order valence-electron chi connectivity index (χ0n) is 15.6. The molecule has 0 fully saturated rings. The van der Waals surface area contributed by atoms with E-state index in [0.717, 1.165) is 27.7 Å². The van der Waals surface area contributed by atoms with E-state index in [-0.39, 0.29) is 11.8 Å². The molecule has 0 atom stereocenters. The molecule has 5 rings (SSSR count). The number of nitrogens with zero attached hydrogens (tertiary/aromatic N) is 2. The smallest absolute Gasteiger partial charge is 0.266 e. The van der Waals surface area contributed by atoms with Crippen molar-refractivity contribution >= 4 is 28.4 Å². The van der Waals surface area contributed by atoms with Crippen molar-refractivity contribution in [3.63, 3.8) is 0 Å². The van der Waals surface area contributed by atoms with Crippen LogP contribution in [-0.4, -0.2) is 16.4 Å². The van der Waals surface area contributed by atoms with Gasteiger partial charge in [-0.15, -0.1) is 0 Å². The normalized spacial score (nSPS) is 13.4.